The molecule has 1 fully saturated rings. The molecule has 1 aliphatic rings. The number of nitrogens with zero attached hydrogens (tertiary/aromatic N) is 2. The molecule has 0 aliphatic carbocycles. The van der Waals surface area contributed by atoms with Crippen LogP contribution in [0.15, 0.2) is 42.5 Å². The van der Waals surface area contributed by atoms with Gasteiger partial charge in [0.05, 0.1) is 20.3 Å². The van der Waals surface area contributed by atoms with E-state index in [-0.39, 0.29) is 24.4 Å². The number of nitrogens with one attached hydrogen (secondary N) is 1. The third-order valence-electron chi connectivity index (χ3n) is 6.96. The first-order valence-electron chi connectivity index (χ1n) is 13.8. The summed E-state index contributed by atoms with van der Waals surface area (Å²) < 4.78 is 36.6. The highest BCUT2D eigenvalue weighted by atomic mass is 32.2. The van der Waals surface area contributed by atoms with Crippen molar-refractivity contribution in [2.75, 3.05) is 45.4 Å². The number of thioether (sulfide) groups is 1. The minimum Gasteiger partial charge on any atom is -0.475 e. The van der Waals surface area contributed by atoms with E-state index in [4.69, 9.17) is 20.4 Å². The molecule has 3 rings (SSSR count). The van der Waals surface area contributed by atoms with Crippen LogP contribution in [0.5, 0.6) is 0 Å². The zero-order valence-electron chi connectivity index (χ0n) is 24.6. The molecule has 2 amide bonds. The number of alkyl halides is 3. The predicted octanol–water partition coefficient (Wildman–Crippen LogP) is 2.00. The van der Waals surface area contributed by atoms with E-state index in [0.29, 0.717) is 31.8 Å². The number of carboxylic acids is 1. The zero-order valence-corrected chi connectivity index (χ0v) is 25.4. The second-order valence-corrected chi connectivity index (χ2v) is 11.1. The van der Waals surface area contributed by atoms with Gasteiger partial charge in [0.2, 0.25) is 11.8 Å². The molecular formula is C29H39F3N4O7S. The van der Waals surface area contributed by atoms with Crippen LogP contribution in [0.4, 0.5) is 13.2 Å². The van der Waals surface area contributed by atoms with Gasteiger partial charge in [0.1, 0.15) is 12.1 Å². The Morgan fingerprint density at radius 3 is 2.45 bits per heavy atom. The molecule has 15 heteroatoms. The van der Waals surface area contributed by atoms with E-state index in [1.807, 2.05) is 35.4 Å². The van der Waals surface area contributed by atoms with Gasteiger partial charge < -0.3 is 30.9 Å². The normalized spacial score (nSPS) is 16.2. The Balaban J connectivity index is 0.000000860. The summed E-state index contributed by atoms with van der Waals surface area (Å²) in [6.07, 6.45) is -1.04. The molecule has 2 aromatic carbocycles. The molecule has 0 unspecified atom stereocenters. The number of halogens is 3. The van der Waals surface area contributed by atoms with Crippen molar-refractivity contribution >= 4 is 46.3 Å². The quantitative estimate of drug-likeness (QED) is 0.237. The van der Waals surface area contributed by atoms with Crippen LogP contribution in [-0.4, -0.2) is 113 Å². The number of benzene rings is 2. The monoisotopic (exact) mass is 644 g/mol. The number of nitrogens with two attached hydrogens (primary N) is 1. The lowest BCUT2D eigenvalue weighted by Crippen LogP contribution is -2.52. The van der Waals surface area contributed by atoms with Gasteiger partial charge in [0.25, 0.3) is 0 Å². The number of hydrogen-bond acceptors (Lipinski definition) is 9. The predicted molar refractivity (Wildman–Crippen MR) is 160 cm³/mol. The number of carboxylic acid groups (broad SMARTS) is 1. The topological polar surface area (TPSA) is 162 Å². The summed E-state index contributed by atoms with van der Waals surface area (Å²) in [5.74, 6) is -3.06. The summed E-state index contributed by atoms with van der Waals surface area (Å²) >= 11 is 1.60. The number of aliphatic carboxylic acids is 1. The highest BCUT2D eigenvalue weighted by molar-refractivity contribution is 7.98. The van der Waals surface area contributed by atoms with Crippen molar-refractivity contribution in [3.05, 3.63) is 48.0 Å². The van der Waals surface area contributed by atoms with Crippen LogP contribution in [0.2, 0.25) is 0 Å². The van der Waals surface area contributed by atoms with Gasteiger partial charge in [-0.2, -0.15) is 24.9 Å². The number of carbonyl (C=O) groups excluding carboxylic acids is 3. The van der Waals surface area contributed by atoms with Crippen molar-refractivity contribution in [2.45, 2.75) is 50.1 Å². The maximum atomic E-state index is 13.1. The molecule has 11 nitrogen and oxygen atoms in total. The Hall–Kier alpha value is -3.40. The third-order valence-corrected chi connectivity index (χ3v) is 7.60. The Labute approximate surface area is 257 Å². The van der Waals surface area contributed by atoms with Crippen molar-refractivity contribution in [3.8, 4) is 0 Å². The molecule has 0 bridgehead atoms. The number of esters is 1. The molecule has 244 valence electrons. The first-order valence-corrected chi connectivity index (χ1v) is 15.2. The number of hydrogen-bond donors (Lipinski definition) is 4. The fraction of sp³-hybridized carbons (Fsp3) is 0.517. The maximum Gasteiger partial charge on any atom is 0.490 e. The number of aliphatic hydroxyl groups excluding tert-OH is 1. The molecule has 0 saturated carbocycles. The van der Waals surface area contributed by atoms with Crippen LogP contribution < -0.4 is 11.1 Å². The van der Waals surface area contributed by atoms with Gasteiger partial charge in [-0.3, -0.25) is 14.5 Å². The lowest BCUT2D eigenvalue weighted by Gasteiger charge is -2.32. The SMILES string of the molecule is COC(=O)[C@H](CCSC)NC(=O)CN(Cc1cccc2ccccc12)C[C@@H]1CCCN1C(=O)[C@@H](N)CO.O=C(O)C(F)(F)F. The first kappa shape index (κ1) is 36.8. The van der Waals surface area contributed by atoms with Gasteiger partial charge >= 0.3 is 18.1 Å². The average molecular weight is 645 g/mol. The number of aliphatic hydroxyl groups is 1. The van der Waals surface area contributed by atoms with Gasteiger partial charge in [-0.25, -0.2) is 9.59 Å². The number of likely N-dealkylation sites (tertiary alicyclic amines) is 1. The van der Waals surface area contributed by atoms with E-state index < -0.39 is 36.8 Å². The van der Waals surface area contributed by atoms with Crippen LogP contribution in [0.3, 0.4) is 0 Å². The van der Waals surface area contributed by atoms with Crippen molar-refractivity contribution in [3.63, 3.8) is 0 Å². The average Bonchev–Trinajstić information content (AvgIpc) is 3.45. The van der Waals surface area contributed by atoms with Crippen molar-refractivity contribution < 1.29 is 47.3 Å². The van der Waals surface area contributed by atoms with E-state index >= 15 is 0 Å². The fourth-order valence-electron chi connectivity index (χ4n) is 4.83. The van der Waals surface area contributed by atoms with Crippen molar-refractivity contribution in [1.82, 2.24) is 15.1 Å². The van der Waals surface area contributed by atoms with E-state index in [2.05, 4.69) is 23.5 Å². The molecule has 3 atom stereocenters. The van der Waals surface area contributed by atoms with Crippen LogP contribution >= 0.6 is 11.8 Å². The van der Waals surface area contributed by atoms with Gasteiger partial charge in [0.15, 0.2) is 0 Å². The Kier molecular flexibility index (Phi) is 14.9. The Morgan fingerprint density at radius 2 is 1.84 bits per heavy atom. The molecule has 1 heterocycles. The molecule has 0 aromatic heterocycles. The van der Waals surface area contributed by atoms with Gasteiger partial charge in [-0.15, -0.1) is 0 Å². The van der Waals surface area contributed by atoms with Gasteiger partial charge in [0, 0.05) is 25.7 Å². The first-order chi connectivity index (χ1) is 20.8. The van der Waals surface area contributed by atoms with Crippen molar-refractivity contribution in [2.24, 2.45) is 5.73 Å². The van der Waals surface area contributed by atoms with Crippen LogP contribution in [0.25, 0.3) is 10.8 Å². The van der Waals surface area contributed by atoms with Crippen LogP contribution in [0.1, 0.15) is 24.8 Å². The van der Waals surface area contributed by atoms with E-state index in [1.165, 1.54) is 7.11 Å². The summed E-state index contributed by atoms with van der Waals surface area (Å²) in [6, 6.07) is 12.4. The Morgan fingerprint density at radius 1 is 1.18 bits per heavy atom. The summed E-state index contributed by atoms with van der Waals surface area (Å²) in [7, 11) is 1.32. The highest BCUT2D eigenvalue weighted by Crippen LogP contribution is 2.23. The van der Waals surface area contributed by atoms with Crippen molar-refractivity contribution in [1.29, 1.82) is 0 Å². The summed E-state index contributed by atoms with van der Waals surface area (Å²) in [5, 5.41) is 21.6. The lowest BCUT2D eigenvalue weighted by atomic mass is 10.0. The maximum absolute atomic E-state index is 13.1. The second-order valence-electron chi connectivity index (χ2n) is 10.2. The van der Waals surface area contributed by atoms with Crippen LogP contribution in [-0.2, 0) is 30.5 Å². The minimum absolute atomic E-state index is 0.0561. The molecule has 1 aliphatic heterocycles. The molecule has 5 N–H and O–H groups in total. The summed E-state index contributed by atoms with van der Waals surface area (Å²) in [4.78, 5) is 50.8. The summed E-state index contributed by atoms with van der Waals surface area (Å²) in [6.45, 7) is 1.18. The minimum atomic E-state index is -5.08. The molecule has 44 heavy (non-hydrogen) atoms. The number of ether oxygens (including phenoxy) is 1. The molecule has 1 saturated heterocycles. The standard InChI is InChI=1S/C27H38N4O5S.C2HF3O2/c1-36-27(35)24(12-14-37-2)29-25(33)17-30(15-20-9-5-8-19-7-3-4-11-22(19)20)16-21-10-6-13-31(21)26(34)23(28)18-32;3-2(4,5)1(6)7/h3-5,7-9,11,21,23-24,32H,6,10,12-18,28H2,1-2H3,(H,29,33);(H,6,7)/t21-,23-,24-;/m0./s1. The lowest BCUT2D eigenvalue weighted by molar-refractivity contribution is -0.192. The molecule has 0 radical (unpaired) electrons. The largest absolute Gasteiger partial charge is 0.490 e. The second kappa shape index (κ2) is 17.8. The number of carbonyl (C=O) groups is 4. The van der Waals surface area contributed by atoms with E-state index in [1.54, 1.807) is 16.7 Å². The number of amides is 2. The molecular weight excluding hydrogens is 605 g/mol. The highest BCUT2D eigenvalue weighted by Gasteiger charge is 2.38. The number of fused-ring (bicyclic) bond motifs is 1. The number of rotatable bonds is 13. The smallest absolute Gasteiger partial charge is 0.475 e. The van der Waals surface area contributed by atoms with E-state index in [9.17, 15) is 32.7 Å². The molecule has 0 spiro atoms. The third kappa shape index (κ3) is 11.3. The van der Waals surface area contributed by atoms with Crippen LogP contribution in [0, 0.1) is 0 Å². The zero-order chi connectivity index (χ0) is 32.9. The summed E-state index contributed by atoms with van der Waals surface area (Å²) in [5.41, 5.74) is 6.90. The number of methoxy groups -OCH3 is 1. The fourth-order valence-corrected chi connectivity index (χ4v) is 5.30. The van der Waals surface area contributed by atoms with E-state index in [0.717, 1.165) is 29.2 Å². The molecule has 2 aromatic rings. The van der Waals surface area contributed by atoms with Gasteiger partial charge in [-0.05, 0) is 47.6 Å². The Bertz CT molecular complexity index is 1260. The van der Waals surface area contributed by atoms with Gasteiger partial charge in [-0.1, -0.05) is 42.5 Å².